The molecule has 0 aliphatic heterocycles. The summed E-state index contributed by atoms with van der Waals surface area (Å²) in [6.45, 7) is 0. The van der Waals surface area contributed by atoms with Crippen molar-refractivity contribution in [3.8, 4) is 27.8 Å². The van der Waals surface area contributed by atoms with Gasteiger partial charge in [0.25, 0.3) is 5.22 Å². The van der Waals surface area contributed by atoms with Crippen LogP contribution in [0.2, 0.25) is 5.02 Å². The van der Waals surface area contributed by atoms with Crippen molar-refractivity contribution in [2.24, 2.45) is 0 Å². The monoisotopic (exact) mass is 415 g/mol. The van der Waals surface area contributed by atoms with Crippen molar-refractivity contribution in [2.45, 2.75) is 11.0 Å². The summed E-state index contributed by atoms with van der Waals surface area (Å²) in [5, 5.41) is 12.3. The van der Waals surface area contributed by atoms with Gasteiger partial charge in [-0.05, 0) is 36.4 Å². The molecule has 0 amide bonds. The molecule has 0 bridgehead atoms. The number of thiazole rings is 1. The molecule has 5 nitrogen and oxygen atoms in total. The maximum Gasteiger partial charge on any atom is 0.277 e. The van der Waals surface area contributed by atoms with Crippen molar-refractivity contribution in [1.29, 1.82) is 0 Å². The van der Waals surface area contributed by atoms with Crippen molar-refractivity contribution < 1.29 is 9.15 Å². The van der Waals surface area contributed by atoms with Gasteiger partial charge in [0, 0.05) is 21.7 Å². The molecule has 0 spiro atoms. The SMILES string of the molecule is COc1ccccc1-c1nc(CSc2nnc(-c3ccc(Cl)cc3)o2)cs1. The van der Waals surface area contributed by atoms with Gasteiger partial charge in [0.15, 0.2) is 0 Å². The Morgan fingerprint density at radius 3 is 2.74 bits per heavy atom. The zero-order chi connectivity index (χ0) is 18.6. The first-order valence-corrected chi connectivity index (χ1v) is 10.3. The molecule has 0 fully saturated rings. The number of methoxy groups -OCH3 is 1. The highest BCUT2D eigenvalue weighted by atomic mass is 35.5. The Balaban J connectivity index is 1.44. The van der Waals surface area contributed by atoms with E-state index < -0.39 is 0 Å². The van der Waals surface area contributed by atoms with Gasteiger partial charge < -0.3 is 9.15 Å². The highest BCUT2D eigenvalue weighted by molar-refractivity contribution is 7.98. The minimum atomic E-state index is 0.474. The van der Waals surface area contributed by atoms with Crippen LogP contribution in [-0.4, -0.2) is 22.3 Å². The minimum absolute atomic E-state index is 0.474. The van der Waals surface area contributed by atoms with Gasteiger partial charge in [0.1, 0.15) is 10.8 Å². The number of halogens is 1. The van der Waals surface area contributed by atoms with Crippen molar-refractivity contribution in [3.63, 3.8) is 0 Å². The van der Waals surface area contributed by atoms with E-state index >= 15 is 0 Å². The molecule has 4 aromatic rings. The van der Waals surface area contributed by atoms with E-state index in [9.17, 15) is 0 Å². The predicted octanol–water partition coefficient (Wildman–Crippen LogP) is 5.81. The molecule has 2 aromatic heterocycles. The van der Waals surface area contributed by atoms with Crippen LogP contribution in [0.3, 0.4) is 0 Å². The number of benzene rings is 2. The zero-order valence-corrected chi connectivity index (χ0v) is 16.6. The van der Waals surface area contributed by atoms with Gasteiger partial charge >= 0.3 is 0 Å². The van der Waals surface area contributed by atoms with E-state index in [1.165, 1.54) is 11.8 Å². The van der Waals surface area contributed by atoms with Gasteiger partial charge in [0.05, 0.1) is 18.4 Å². The first kappa shape index (κ1) is 18.0. The molecule has 2 aromatic carbocycles. The summed E-state index contributed by atoms with van der Waals surface area (Å²) in [7, 11) is 1.66. The van der Waals surface area contributed by atoms with Gasteiger partial charge in [-0.1, -0.05) is 35.5 Å². The van der Waals surface area contributed by atoms with Crippen LogP contribution in [-0.2, 0) is 5.75 Å². The maximum atomic E-state index is 5.90. The Morgan fingerprint density at radius 2 is 1.93 bits per heavy atom. The smallest absolute Gasteiger partial charge is 0.277 e. The largest absolute Gasteiger partial charge is 0.496 e. The molecule has 0 aliphatic rings. The van der Waals surface area contributed by atoms with Crippen LogP contribution in [0, 0.1) is 0 Å². The first-order chi connectivity index (χ1) is 13.2. The lowest BCUT2D eigenvalue weighted by atomic mass is 10.2. The van der Waals surface area contributed by atoms with Crippen molar-refractivity contribution in [1.82, 2.24) is 15.2 Å². The van der Waals surface area contributed by atoms with Crippen LogP contribution < -0.4 is 4.74 Å². The summed E-state index contributed by atoms with van der Waals surface area (Å²) in [6, 6.07) is 15.2. The van der Waals surface area contributed by atoms with Crippen LogP contribution in [0.25, 0.3) is 22.0 Å². The molecule has 0 unspecified atom stereocenters. The number of para-hydroxylation sites is 1. The standard InChI is InChI=1S/C19H14ClN3O2S2/c1-24-16-5-3-2-4-15(16)18-21-14(10-26-18)11-27-19-23-22-17(25-19)12-6-8-13(20)9-7-12/h2-10H,11H2,1H3. The molecule has 8 heteroatoms. The second-order valence-corrected chi connectivity index (χ2v) is 7.73. The quantitative estimate of drug-likeness (QED) is 0.370. The third-order valence-corrected chi connectivity index (χ3v) is 5.76. The maximum absolute atomic E-state index is 5.90. The Bertz CT molecular complexity index is 1050. The Kier molecular flexibility index (Phi) is 5.42. The topological polar surface area (TPSA) is 61.0 Å². The molecule has 0 aliphatic carbocycles. The van der Waals surface area contributed by atoms with Gasteiger partial charge in [-0.25, -0.2) is 4.98 Å². The molecule has 0 atom stereocenters. The lowest BCUT2D eigenvalue weighted by molar-refractivity contribution is 0.416. The molecule has 0 saturated carbocycles. The molecule has 4 rings (SSSR count). The minimum Gasteiger partial charge on any atom is -0.496 e. The fourth-order valence-electron chi connectivity index (χ4n) is 2.43. The zero-order valence-electron chi connectivity index (χ0n) is 14.3. The van der Waals surface area contributed by atoms with Crippen molar-refractivity contribution >= 4 is 34.7 Å². The van der Waals surface area contributed by atoms with Crippen molar-refractivity contribution in [3.05, 3.63) is 64.6 Å². The van der Waals surface area contributed by atoms with Crippen LogP contribution in [0.1, 0.15) is 5.69 Å². The predicted molar refractivity (Wildman–Crippen MR) is 108 cm³/mol. The Hall–Kier alpha value is -2.35. The fraction of sp³-hybridized carbons (Fsp3) is 0.105. The third-order valence-electron chi connectivity index (χ3n) is 3.73. The van der Waals surface area contributed by atoms with Crippen LogP contribution >= 0.6 is 34.7 Å². The van der Waals surface area contributed by atoms with E-state index in [2.05, 4.69) is 10.2 Å². The number of aromatic nitrogens is 3. The van der Waals surface area contributed by atoms with E-state index in [-0.39, 0.29) is 0 Å². The van der Waals surface area contributed by atoms with Gasteiger partial charge in [0.2, 0.25) is 5.89 Å². The first-order valence-electron chi connectivity index (χ1n) is 8.03. The number of ether oxygens (including phenoxy) is 1. The fourth-order valence-corrected chi connectivity index (χ4v) is 4.17. The highest BCUT2D eigenvalue weighted by Crippen LogP contribution is 2.33. The summed E-state index contributed by atoms with van der Waals surface area (Å²) in [5.41, 5.74) is 2.78. The lowest BCUT2D eigenvalue weighted by Crippen LogP contribution is -1.87. The molecule has 136 valence electrons. The van der Waals surface area contributed by atoms with Crippen LogP contribution in [0.5, 0.6) is 5.75 Å². The third kappa shape index (κ3) is 4.16. The van der Waals surface area contributed by atoms with Gasteiger partial charge in [-0.3, -0.25) is 0 Å². The second-order valence-electron chi connectivity index (χ2n) is 5.51. The number of thioether (sulfide) groups is 1. The molecule has 0 N–H and O–H groups in total. The summed E-state index contributed by atoms with van der Waals surface area (Å²) >= 11 is 8.95. The number of rotatable bonds is 6. The second kappa shape index (κ2) is 8.12. The average molecular weight is 416 g/mol. The number of hydrogen-bond acceptors (Lipinski definition) is 7. The number of hydrogen-bond donors (Lipinski definition) is 0. The van der Waals surface area contributed by atoms with E-state index in [4.69, 9.17) is 25.7 Å². The van der Waals surface area contributed by atoms with E-state index in [0.29, 0.717) is 21.9 Å². The van der Waals surface area contributed by atoms with Crippen molar-refractivity contribution in [2.75, 3.05) is 7.11 Å². The molecule has 27 heavy (non-hydrogen) atoms. The molecular formula is C19H14ClN3O2S2. The summed E-state index contributed by atoms with van der Waals surface area (Å²) in [5.74, 6) is 1.94. The summed E-state index contributed by atoms with van der Waals surface area (Å²) < 4.78 is 11.1. The Labute approximate surface area is 169 Å². The molecule has 0 saturated heterocycles. The molecular weight excluding hydrogens is 402 g/mol. The summed E-state index contributed by atoms with van der Waals surface area (Å²) in [4.78, 5) is 4.69. The lowest BCUT2D eigenvalue weighted by Gasteiger charge is -2.04. The summed E-state index contributed by atoms with van der Waals surface area (Å²) in [6.07, 6.45) is 0. The molecule has 0 radical (unpaired) electrons. The van der Waals surface area contributed by atoms with E-state index in [1.807, 2.05) is 41.8 Å². The molecule has 2 heterocycles. The van der Waals surface area contributed by atoms with E-state index in [0.717, 1.165) is 27.6 Å². The van der Waals surface area contributed by atoms with Gasteiger partial charge in [-0.15, -0.1) is 21.5 Å². The normalized spacial score (nSPS) is 10.9. The Morgan fingerprint density at radius 1 is 1.11 bits per heavy atom. The van der Waals surface area contributed by atoms with Crippen LogP contribution in [0.4, 0.5) is 0 Å². The highest BCUT2D eigenvalue weighted by Gasteiger charge is 2.12. The van der Waals surface area contributed by atoms with Crippen LogP contribution in [0.15, 0.2) is 63.6 Å². The van der Waals surface area contributed by atoms with Gasteiger partial charge in [-0.2, -0.15) is 0 Å². The average Bonchev–Trinajstić information content (AvgIpc) is 3.36. The van der Waals surface area contributed by atoms with E-state index in [1.54, 1.807) is 30.6 Å². The number of nitrogens with zero attached hydrogens (tertiary/aromatic N) is 3.